The molecule has 3 rings (SSSR count). The fourth-order valence-corrected chi connectivity index (χ4v) is 6.73. The summed E-state index contributed by atoms with van der Waals surface area (Å²) in [7, 11) is -1.74. The van der Waals surface area contributed by atoms with Crippen molar-refractivity contribution in [2.75, 3.05) is 26.8 Å². The molecule has 23 heavy (non-hydrogen) atoms. The van der Waals surface area contributed by atoms with Gasteiger partial charge in [-0.2, -0.15) is 4.31 Å². The normalized spacial score (nSPS) is 30.0. The molecular weight excluding hydrogens is 310 g/mol. The van der Waals surface area contributed by atoms with E-state index < -0.39 is 10.0 Å². The van der Waals surface area contributed by atoms with Gasteiger partial charge in [-0.05, 0) is 48.8 Å². The van der Waals surface area contributed by atoms with Gasteiger partial charge < -0.3 is 4.74 Å². The number of methoxy groups -OCH3 is 1. The van der Waals surface area contributed by atoms with Crippen molar-refractivity contribution in [3.63, 3.8) is 0 Å². The van der Waals surface area contributed by atoms with Crippen molar-refractivity contribution < 1.29 is 13.2 Å². The third-order valence-corrected chi connectivity index (χ3v) is 7.71. The zero-order valence-electron chi connectivity index (χ0n) is 14.7. The van der Waals surface area contributed by atoms with E-state index in [1.807, 2.05) is 26.0 Å². The largest absolute Gasteiger partial charge is 0.384 e. The van der Waals surface area contributed by atoms with Gasteiger partial charge in [0.15, 0.2) is 0 Å². The molecule has 0 amide bonds. The first-order valence-electron chi connectivity index (χ1n) is 8.19. The maximum absolute atomic E-state index is 13.2. The van der Waals surface area contributed by atoms with Crippen LogP contribution in [-0.4, -0.2) is 39.5 Å². The topological polar surface area (TPSA) is 46.6 Å². The molecule has 1 heterocycles. The summed E-state index contributed by atoms with van der Waals surface area (Å²) in [5, 5.41) is 0. The number of benzene rings is 1. The molecule has 2 aliphatic rings. The summed E-state index contributed by atoms with van der Waals surface area (Å²) in [6, 6.07) is 5.64. The van der Waals surface area contributed by atoms with E-state index in [1.165, 1.54) is 0 Å². The van der Waals surface area contributed by atoms with Crippen molar-refractivity contribution in [3.8, 4) is 0 Å². The number of ether oxygens (including phenoxy) is 1. The number of hydrogen-bond acceptors (Lipinski definition) is 3. The highest BCUT2D eigenvalue weighted by Gasteiger charge is 2.64. The Labute approximate surface area is 139 Å². The van der Waals surface area contributed by atoms with Crippen LogP contribution in [0.3, 0.4) is 0 Å². The first-order chi connectivity index (χ1) is 10.6. The minimum atomic E-state index is -3.45. The lowest BCUT2D eigenvalue weighted by Gasteiger charge is -2.56. The quantitative estimate of drug-likeness (QED) is 0.848. The first kappa shape index (κ1) is 16.9. The Hall–Kier alpha value is -0.910. The molecule has 128 valence electrons. The molecule has 1 aliphatic heterocycles. The molecule has 0 unspecified atom stereocenters. The number of rotatable bonds is 4. The fourth-order valence-electron chi connectivity index (χ4n) is 4.87. The van der Waals surface area contributed by atoms with Gasteiger partial charge in [-0.1, -0.05) is 26.0 Å². The van der Waals surface area contributed by atoms with Gasteiger partial charge in [-0.25, -0.2) is 8.42 Å². The molecule has 1 aromatic carbocycles. The zero-order valence-corrected chi connectivity index (χ0v) is 15.5. The highest BCUT2D eigenvalue weighted by molar-refractivity contribution is 7.89. The Balaban J connectivity index is 1.95. The van der Waals surface area contributed by atoms with E-state index in [0.717, 1.165) is 17.5 Å². The van der Waals surface area contributed by atoms with E-state index in [0.29, 0.717) is 30.5 Å². The molecule has 1 aromatic rings. The van der Waals surface area contributed by atoms with E-state index >= 15 is 0 Å². The monoisotopic (exact) mass is 337 g/mol. The molecule has 4 nitrogen and oxygen atoms in total. The molecule has 0 aromatic heterocycles. The van der Waals surface area contributed by atoms with Gasteiger partial charge in [-0.3, -0.25) is 0 Å². The second-order valence-electron chi connectivity index (χ2n) is 8.08. The van der Waals surface area contributed by atoms with Crippen LogP contribution in [0.15, 0.2) is 23.1 Å². The summed E-state index contributed by atoms with van der Waals surface area (Å²) in [6.07, 6.45) is 1.03. The van der Waals surface area contributed by atoms with Crippen LogP contribution in [0.25, 0.3) is 0 Å². The van der Waals surface area contributed by atoms with Crippen LogP contribution in [0, 0.1) is 30.6 Å². The summed E-state index contributed by atoms with van der Waals surface area (Å²) in [4.78, 5) is 0.448. The Kier molecular flexibility index (Phi) is 3.90. The molecule has 1 saturated heterocycles. The summed E-state index contributed by atoms with van der Waals surface area (Å²) >= 11 is 0. The molecule has 1 aliphatic carbocycles. The first-order valence-corrected chi connectivity index (χ1v) is 9.63. The van der Waals surface area contributed by atoms with E-state index in [-0.39, 0.29) is 10.8 Å². The van der Waals surface area contributed by atoms with Gasteiger partial charge in [0.1, 0.15) is 0 Å². The van der Waals surface area contributed by atoms with E-state index in [9.17, 15) is 8.42 Å². The van der Waals surface area contributed by atoms with Crippen LogP contribution < -0.4 is 0 Å². The smallest absolute Gasteiger partial charge is 0.243 e. The van der Waals surface area contributed by atoms with Crippen LogP contribution in [0.1, 0.15) is 31.4 Å². The third-order valence-electron chi connectivity index (χ3n) is 5.76. The highest BCUT2D eigenvalue weighted by Crippen LogP contribution is 2.63. The van der Waals surface area contributed by atoms with E-state index in [4.69, 9.17) is 4.74 Å². The van der Waals surface area contributed by atoms with E-state index in [1.54, 1.807) is 17.5 Å². The Morgan fingerprint density at radius 2 is 2.00 bits per heavy atom. The summed E-state index contributed by atoms with van der Waals surface area (Å²) in [6.45, 7) is 10.1. The number of sulfonamides is 1. The van der Waals surface area contributed by atoms with Crippen molar-refractivity contribution in [2.45, 2.75) is 39.0 Å². The lowest BCUT2D eigenvalue weighted by atomic mass is 9.48. The second kappa shape index (κ2) is 5.30. The average molecular weight is 337 g/mol. The summed E-state index contributed by atoms with van der Waals surface area (Å²) in [5.74, 6) is 0.370. The Morgan fingerprint density at radius 3 is 2.61 bits per heavy atom. The predicted octanol–water partition coefficient (Wildman–Crippen LogP) is 2.99. The van der Waals surface area contributed by atoms with Crippen LogP contribution in [-0.2, 0) is 14.8 Å². The van der Waals surface area contributed by atoms with Gasteiger partial charge in [0, 0.05) is 25.6 Å². The molecule has 0 bridgehead atoms. The van der Waals surface area contributed by atoms with Gasteiger partial charge in [0.2, 0.25) is 10.0 Å². The molecule has 0 spiro atoms. The zero-order chi connectivity index (χ0) is 17.0. The minimum absolute atomic E-state index is 0.0109. The molecule has 0 N–H and O–H groups in total. The second-order valence-corrected chi connectivity index (χ2v) is 9.99. The molecule has 1 saturated carbocycles. The number of aryl methyl sites for hydroxylation is 2. The lowest BCUT2D eigenvalue weighted by Crippen LogP contribution is -2.55. The van der Waals surface area contributed by atoms with Gasteiger partial charge in [0.25, 0.3) is 0 Å². The third kappa shape index (κ3) is 2.53. The Morgan fingerprint density at radius 1 is 1.30 bits per heavy atom. The van der Waals surface area contributed by atoms with Crippen molar-refractivity contribution in [1.82, 2.24) is 4.31 Å². The standard InChI is InChI=1S/C18H27NO3S/c1-13-6-7-14(2)15(8-13)23(20,21)19-9-16-17(3,4)10-18(16,11-19)12-22-5/h6-8,16H,9-12H2,1-5H3/t16-,18-/m1/s1. The maximum Gasteiger partial charge on any atom is 0.243 e. The number of nitrogens with zero attached hydrogens (tertiary/aromatic N) is 1. The molecule has 2 fully saturated rings. The summed E-state index contributed by atoms with van der Waals surface area (Å²) in [5.41, 5.74) is 1.96. The maximum atomic E-state index is 13.2. The number of hydrogen-bond donors (Lipinski definition) is 0. The minimum Gasteiger partial charge on any atom is -0.384 e. The fraction of sp³-hybridized carbons (Fsp3) is 0.667. The SMILES string of the molecule is COC[C@@]12CN(S(=O)(=O)c3cc(C)ccc3C)C[C@@H]1C(C)(C)C2. The average Bonchev–Trinajstić information content (AvgIpc) is 2.77. The molecule has 0 radical (unpaired) electrons. The highest BCUT2D eigenvalue weighted by atomic mass is 32.2. The van der Waals surface area contributed by atoms with Gasteiger partial charge >= 0.3 is 0 Å². The molecule has 2 atom stereocenters. The molecule has 5 heteroatoms. The van der Waals surface area contributed by atoms with Crippen molar-refractivity contribution >= 4 is 10.0 Å². The van der Waals surface area contributed by atoms with Gasteiger partial charge in [0.05, 0.1) is 11.5 Å². The summed E-state index contributed by atoms with van der Waals surface area (Å²) < 4.78 is 33.5. The van der Waals surface area contributed by atoms with Gasteiger partial charge in [-0.15, -0.1) is 0 Å². The molecular formula is C18H27NO3S. The van der Waals surface area contributed by atoms with Crippen LogP contribution >= 0.6 is 0 Å². The Bertz CT molecular complexity index is 726. The van der Waals surface area contributed by atoms with Crippen molar-refractivity contribution in [2.24, 2.45) is 16.7 Å². The van der Waals surface area contributed by atoms with E-state index in [2.05, 4.69) is 13.8 Å². The van der Waals surface area contributed by atoms with Crippen molar-refractivity contribution in [3.05, 3.63) is 29.3 Å². The van der Waals surface area contributed by atoms with Crippen LogP contribution in [0.4, 0.5) is 0 Å². The number of fused-ring (bicyclic) bond motifs is 1. The van der Waals surface area contributed by atoms with Crippen LogP contribution in [0.2, 0.25) is 0 Å². The van der Waals surface area contributed by atoms with Crippen LogP contribution in [0.5, 0.6) is 0 Å². The lowest BCUT2D eigenvalue weighted by molar-refractivity contribution is -0.106. The predicted molar refractivity (Wildman–Crippen MR) is 90.9 cm³/mol. The van der Waals surface area contributed by atoms with Crippen molar-refractivity contribution in [1.29, 1.82) is 0 Å².